The van der Waals surface area contributed by atoms with E-state index in [-0.39, 0.29) is 11.8 Å². The molecule has 4 nitrogen and oxygen atoms in total. The molecular formula is C34H39Br3N2O2. The number of para-hydroxylation sites is 2. The van der Waals surface area contributed by atoms with E-state index in [9.17, 15) is 9.59 Å². The van der Waals surface area contributed by atoms with Crippen molar-refractivity contribution < 1.29 is 9.59 Å². The molecule has 2 aliphatic heterocycles. The molecule has 0 radical (unpaired) electrons. The minimum absolute atomic E-state index is 0.0115. The average molecular weight is 747 g/mol. The van der Waals surface area contributed by atoms with E-state index in [1.165, 1.54) is 38.5 Å². The molecule has 0 saturated heterocycles. The molecule has 0 aliphatic carbocycles. The predicted octanol–water partition coefficient (Wildman–Crippen LogP) is 11.1. The molecule has 0 atom stereocenters. The van der Waals surface area contributed by atoms with E-state index in [1.807, 2.05) is 70.6 Å². The maximum Gasteiger partial charge on any atom is 0.270 e. The molecule has 2 heterocycles. The fourth-order valence-corrected chi connectivity index (χ4v) is 6.51. The lowest BCUT2D eigenvalue weighted by Gasteiger charge is -2.19. The first-order chi connectivity index (χ1) is 20.0. The first-order valence-electron chi connectivity index (χ1n) is 14.5. The highest BCUT2D eigenvalue weighted by Gasteiger charge is 2.34. The molecule has 0 spiro atoms. The molecule has 2 aliphatic rings. The molecule has 4 rings (SSSR count). The number of rotatable bonds is 12. The zero-order valence-corrected chi connectivity index (χ0v) is 28.7. The van der Waals surface area contributed by atoms with E-state index in [2.05, 4.69) is 61.6 Å². The van der Waals surface area contributed by atoms with Crippen LogP contribution in [0.1, 0.15) is 78.1 Å². The molecule has 0 bridgehead atoms. The van der Waals surface area contributed by atoms with E-state index in [0.717, 1.165) is 59.6 Å². The third-order valence-corrected chi connectivity index (χ3v) is 8.79. The molecule has 2 amide bonds. The SMILES string of the molecule is CCCCCCC1=C(Br)C(=O)N(c2ccccc2)/C1=C\Br.CCCCCCC1=CC(=O)N(c2ccccc2)/C1=C\Br. The van der Waals surface area contributed by atoms with Gasteiger partial charge in [0, 0.05) is 27.4 Å². The van der Waals surface area contributed by atoms with Crippen LogP contribution in [0.2, 0.25) is 0 Å². The largest absolute Gasteiger partial charge is 0.277 e. The Morgan fingerprint density at radius 3 is 1.68 bits per heavy atom. The summed E-state index contributed by atoms with van der Waals surface area (Å²) in [6.07, 6.45) is 13.3. The lowest BCUT2D eigenvalue weighted by Crippen LogP contribution is -2.24. The van der Waals surface area contributed by atoms with Crippen LogP contribution in [-0.4, -0.2) is 11.8 Å². The normalized spacial score (nSPS) is 17.0. The van der Waals surface area contributed by atoms with Crippen molar-refractivity contribution in [3.05, 3.63) is 104 Å². The lowest BCUT2D eigenvalue weighted by atomic mass is 10.1. The zero-order valence-electron chi connectivity index (χ0n) is 23.9. The Morgan fingerprint density at radius 1 is 0.659 bits per heavy atom. The fraction of sp³-hybridized carbons (Fsp3) is 0.353. The Balaban J connectivity index is 0.000000226. The van der Waals surface area contributed by atoms with Gasteiger partial charge in [0.1, 0.15) is 0 Å². The molecule has 2 aromatic carbocycles. The van der Waals surface area contributed by atoms with Crippen molar-refractivity contribution >= 4 is 71.0 Å². The van der Waals surface area contributed by atoms with E-state index >= 15 is 0 Å². The van der Waals surface area contributed by atoms with Crippen molar-refractivity contribution in [1.29, 1.82) is 0 Å². The number of hydrogen-bond acceptors (Lipinski definition) is 2. The van der Waals surface area contributed by atoms with E-state index < -0.39 is 0 Å². The number of anilines is 2. The molecular weight excluding hydrogens is 708 g/mol. The van der Waals surface area contributed by atoms with Crippen LogP contribution in [-0.2, 0) is 9.59 Å². The summed E-state index contributed by atoms with van der Waals surface area (Å²) in [6.45, 7) is 4.41. The Bertz CT molecular complexity index is 1280. The van der Waals surface area contributed by atoms with Gasteiger partial charge >= 0.3 is 0 Å². The number of carbonyl (C=O) groups is 2. The van der Waals surface area contributed by atoms with Gasteiger partial charge in [-0.25, -0.2) is 0 Å². The highest BCUT2D eigenvalue weighted by atomic mass is 79.9. The van der Waals surface area contributed by atoms with Crippen molar-refractivity contribution in [1.82, 2.24) is 0 Å². The highest BCUT2D eigenvalue weighted by molar-refractivity contribution is 9.12. The fourth-order valence-electron chi connectivity index (χ4n) is 4.95. The Kier molecular flexibility index (Phi) is 14.3. The molecule has 0 unspecified atom stereocenters. The number of nitrogens with zero attached hydrogens (tertiary/aromatic N) is 2. The topological polar surface area (TPSA) is 40.6 Å². The molecule has 218 valence electrons. The molecule has 0 saturated carbocycles. The van der Waals surface area contributed by atoms with Gasteiger partial charge < -0.3 is 0 Å². The van der Waals surface area contributed by atoms with Crippen LogP contribution in [0.25, 0.3) is 0 Å². The van der Waals surface area contributed by atoms with Gasteiger partial charge in [0.2, 0.25) is 0 Å². The number of benzene rings is 2. The number of hydrogen-bond donors (Lipinski definition) is 0. The smallest absolute Gasteiger partial charge is 0.270 e. The van der Waals surface area contributed by atoms with Crippen LogP contribution < -0.4 is 9.80 Å². The molecule has 0 aromatic heterocycles. The summed E-state index contributed by atoms with van der Waals surface area (Å²) in [6, 6.07) is 19.5. The first-order valence-corrected chi connectivity index (χ1v) is 17.1. The second-order valence-corrected chi connectivity index (χ2v) is 11.8. The number of halogens is 3. The van der Waals surface area contributed by atoms with Crippen molar-refractivity contribution in [2.24, 2.45) is 0 Å². The summed E-state index contributed by atoms with van der Waals surface area (Å²) in [5.74, 6) is 0.0600. The van der Waals surface area contributed by atoms with Crippen molar-refractivity contribution in [2.75, 3.05) is 9.80 Å². The van der Waals surface area contributed by atoms with E-state index in [0.29, 0.717) is 4.48 Å². The van der Waals surface area contributed by atoms with Crippen LogP contribution in [0.5, 0.6) is 0 Å². The van der Waals surface area contributed by atoms with Gasteiger partial charge in [-0.05, 0) is 77.0 Å². The van der Waals surface area contributed by atoms with Gasteiger partial charge in [-0.1, -0.05) is 121 Å². The van der Waals surface area contributed by atoms with Gasteiger partial charge in [-0.2, -0.15) is 0 Å². The van der Waals surface area contributed by atoms with Crippen LogP contribution in [0, 0.1) is 0 Å². The van der Waals surface area contributed by atoms with E-state index in [1.54, 1.807) is 15.9 Å². The first kappa shape index (κ1) is 33.3. The summed E-state index contributed by atoms with van der Waals surface area (Å²) >= 11 is 10.3. The summed E-state index contributed by atoms with van der Waals surface area (Å²) in [5.41, 5.74) is 5.95. The number of carbonyl (C=O) groups excluding carboxylic acids is 2. The highest BCUT2D eigenvalue weighted by Crippen LogP contribution is 2.39. The predicted molar refractivity (Wildman–Crippen MR) is 183 cm³/mol. The van der Waals surface area contributed by atoms with Gasteiger partial charge in [-0.3, -0.25) is 19.4 Å². The Morgan fingerprint density at radius 2 is 1.17 bits per heavy atom. The molecule has 7 heteroatoms. The zero-order chi connectivity index (χ0) is 29.6. The number of amides is 2. The average Bonchev–Trinajstić information content (AvgIpc) is 3.46. The van der Waals surface area contributed by atoms with Crippen molar-refractivity contribution in [2.45, 2.75) is 78.1 Å². The van der Waals surface area contributed by atoms with Crippen LogP contribution >= 0.6 is 47.8 Å². The molecule has 41 heavy (non-hydrogen) atoms. The van der Waals surface area contributed by atoms with Crippen molar-refractivity contribution in [3.8, 4) is 0 Å². The Labute approximate surface area is 270 Å². The van der Waals surface area contributed by atoms with Crippen LogP contribution in [0.4, 0.5) is 11.4 Å². The van der Waals surface area contributed by atoms with Gasteiger partial charge in [0.15, 0.2) is 0 Å². The molecule has 0 fully saturated rings. The van der Waals surface area contributed by atoms with Gasteiger partial charge in [0.25, 0.3) is 11.8 Å². The van der Waals surface area contributed by atoms with Crippen molar-refractivity contribution in [3.63, 3.8) is 0 Å². The van der Waals surface area contributed by atoms with Crippen LogP contribution in [0.3, 0.4) is 0 Å². The van der Waals surface area contributed by atoms with E-state index in [4.69, 9.17) is 0 Å². The summed E-state index contributed by atoms with van der Waals surface area (Å²) in [4.78, 5) is 32.0. The monoisotopic (exact) mass is 744 g/mol. The Hall–Kier alpha value is -2.22. The molecule has 2 aromatic rings. The third-order valence-electron chi connectivity index (χ3n) is 7.11. The van der Waals surface area contributed by atoms with Crippen LogP contribution in [0.15, 0.2) is 104 Å². The minimum atomic E-state index is 0.0115. The summed E-state index contributed by atoms with van der Waals surface area (Å²) in [5, 5.41) is 0. The second kappa shape index (κ2) is 17.7. The maximum atomic E-state index is 12.5. The number of unbranched alkanes of at least 4 members (excludes halogenated alkanes) is 6. The standard InChI is InChI=1S/C17H19Br2NO.C17H20BrNO/c1-2-3-4-8-11-14-15(12-18)20(17(21)16(14)19)13-9-6-5-7-10-13;1-2-3-4-6-9-14-12-17(20)19(16(14)13-18)15-10-7-5-8-11-15/h5-7,9-10,12H,2-4,8,11H2,1H3;5,7-8,10-13H,2-4,6,9H2,1H3/b15-12-;16-13-. The summed E-state index contributed by atoms with van der Waals surface area (Å²) < 4.78 is 0.688. The summed E-state index contributed by atoms with van der Waals surface area (Å²) in [7, 11) is 0. The van der Waals surface area contributed by atoms with Gasteiger partial charge in [0.05, 0.1) is 15.9 Å². The molecule has 0 N–H and O–H groups in total. The van der Waals surface area contributed by atoms with Gasteiger partial charge in [-0.15, -0.1) is 0 Å². The minimum Gasteiger partial charge on any atom is -0.277 e. The third kappa shape index (κ3) is 8.89. The second-order valence-electron chi connectivity index (χ2n) is 10.1. The number of allylic oxidation sites excluding steroid dienone is 2. The quantitative estimate of drug-likeness (QED) is 0.203. The maximum absolute atomic E-state index is 12.5. The lowest BCUT2D eigenvalue weighted by molar-refractivity contribution is -0.114.